The molecule has 2 aliphatic rings. The van der Waals surface area contributed by atoms with Crippen molar-refractivity contribution in [2.75, 3.05) is 63.6 Å². The number of nitrogens with zero attached hydrogens (tertiary/aromatic N) is 3. The van der Waals surface area contributed by atoms with E-state index in [0.29, 0.717) is 24.8 Å². The minimum Gasteiger partial charge on any atom is -0.494 e. The van der Waals surface area contributed by atoms with Gasteiger partial charge in [-0.1, -0.05) is 11.6 Å². The fraction of sp³-hybridized carbons (Fsp3) is 0.409. The Morgan fingerprint density at radius 3 is 2.81 bits per heavy atom. The van der Waals surface area contributed by atoms with E-state index in [0.717, 1.165) is 56.3 Å². The molecule has 9 heteroatoms. The molecular weight excluding hydrogens is 423 g/mol. The van der Waals surface area contributed by atoms with E-state index in [1.54, 1.807) is 18.2 Å². The maximum Gasteiger partial charge on any atom is 0.141 e. The van der Waals surface area contributed by atoms with Crippen LogP contribution in [-0.2, 0) is 9.57 Å². The summed E-state index contributed by atoms with van der Waals surface area (Å²) in [5.41, 5.74) is 2.35. The van der Waals surface area contributed by atoms with Gasteiger partial charge in [0.2, 0.25) is 0 Å². The van der Waals surface area contributed by atoms with Gasteiger partial charge in [-0.15, -0.1) is 0 Å². The van der Waals surface area contributed by atoms with E-state index in [2.05, 4.69) is 15.2 Å². The Morgan fingerprint density at radius 1 is 1.19 bits per heavy atom. The van der Waals surface area contributed by atoms with Crippen molar-refractivity contribution in [1.82, 2.24) is 4.90 Å². The summed E-state index contributed by atoms with van der Waals surface area (Å²) in [6.45, 7) is 5.50. The molecule has 0 atom stereocenters. The molecular formula is C22H26ClFN4O3. The Bertz CT molecular complexity index is 937. The number of morpholine rings is 1. The van der Waals surface area contributed by atoms with Gasteiger partial charge in [-0.3, -0.25) is 9.74 Å². The standard InChI is InChI=1S/C22H26ClFN4O3/c1-29-28-15-25-22(26-16-3-5-20(24)19(23)13-16)18-14-17(4-6-21(18)28)31-10-2-7-27-8-11-30-12-9-27/h3-6,13-14H,2,7-12,15H2,1H3,(H,25,26). The van der Waals surface area contributed by atoms with Gasteiger partial charge in [-0.05, 0) is 42.8 Å². The van der Waals surface area contributed by atoms with Crippen LogP contribution in [0.25, 0.3) is 0 Å². The Kier molecular flexibility index (Phi) is 7.24. The van der Waals surface area contributed by atoms with Gasteiger partial charge >= 0.3 is 0 Å². The van der Waals surface area contributed by atoms with Gasteiger partial charge in [-0.25, -0.2) is 14.4 Å². The predicted octanol–water partition coefficient (Wildman–Crippen LogP) is 3.78. The third-order valence-corrected chi connectivity index (χ3v) is 5.53. The van der Waals surface area contributed by atoms with E-state index in [1.165, 1.54) is 12.1 Å². The molecule has 1 N–H and O–H groups in total. The van der Waals surface area contributed by atoms with Crippen LogP contribution in [0.15, 0.2) is 41.4 Å². The monoisotopic (exact) mass is 448 g/mol. The van der Waals surface area contributed by atoms with Crippen LogP contribution in [0.3, 0.4) is 0 Å². The van der Waals surface area contributed by atoms with Crippen LogP contribution < -0.4 is 15.1 Å². The number of hydrogen-bond donors (Lipinski definition) is 1. The lowest BCUT2D eigenvalue weighted by Gasteiger charge is -2.28. The zero-order valence-electron chi connectivity index (χ0n) is 17.4. The topological polar surface area (TPSA) is 58.6 Å². The minimum absolute atomic E-state index is 0.0532. The number of hydroxylamine groups is 1. The molecule has 0 saturated carbocycles. The first-order valence-corrected chi connectivity index (χ1v) is 10.7. The van der Waals surface area contributed by atoms with Gasteiger partial charge in [0, 0.05) is 30.9 Å². The first-order chi connectivity index (χ1) is 15.1. The molecule has 31 heavy (non-hydrogen) atoms. The number of ether oxygens (including phenoxy) is 2. The summed E-state index contributed by atoms with van der Waals surface area (Å²) in [6, 6.07) is 10.3. The molecule has 0 aromatic heterocycles. The first-order valence-electron chi connectivity index (χ1n) is 10.3. The van der Waals surface area contributed by atoms with E-state index >= 15 is 0 Å². The maximum atomic E-state index is 13.5. The lowest BCUT2D eigenvalue weighted by molar-refractivity contribution is 0.0358. The van der Waals surface area contributed by atoms with Crippen molar-refractivity contribution in [2.45, 2.75) is 6.42 Å². The fourth-order valence-electron chi connectivity index (χ4n) is 3.58. The molecule has 0 amide bonds. The fourth-order valence-corrected chi connectivity index (χ4v) is 3.77. The molecule has 2 heterocycles. The Morgan fingerprint density at radius 2 is 2.03 bits per heavy atom. The molecule has 2 aromatic carbocycles. The second kappa shape index (κ2) is 10.3. The molecule has 0 unspecified atom stereocenters. The summed E-state index contributed by atoms with van der Waals surface area (Å²) < 4.78 is 24.9. The van der Waals surface area contributed by atoms with Gasteiger partial charge in [0.25, 0.3) is 0 Å². The SMILES string of the molecule is CON1CN=C(Nc2ccc(F)c(Cl)c2)c2cc(OCCCN3CCOCC3)ccc21. The lowest BCUT2D eigenvalue weighted by atomic mass is 10.1. The Labute approximate surface area is 186 Å². The number of amidine groups is 1. The number of fused-ring (bicyclic) bond motifs is 1. The third-order valence-electron chi connectivity index (χ3n) is 5.24. The smallest absolute Gasteiger partial charge is 0.141 e. The number of rotatable bonds is 7. The molecule has 0 bridgehead atoms. The van der Waals surface area contributed by atoms with Crippen LogP contribution in [0.1, 0.15) is 12.0 Å². The number of halogens is 2. The first kappa shape index (κ1) is 21.8. The second-order valence-electron chi connectivity index (χ2n) is 7.30. The van der Waals surface area contributed by atoms with E-state index < -0.39 is 5.82 Å². The molecule has 2 aliphatic heterocycles. The Hall–Kier alpha value is -2.39. The summed E-state index contributed by atoms with van der Waals surface area (Å²) >= 11 is 5.92. The summed E-state index contributed by atoms with van der Waals surface area (Å²) in [5, 5.41) is 4.98. The van der Waals surface area contributed by atoms with Crippen molar-refractivity contribution < 1.29 is 18.7 Å². The molecule has 7 nitrogen and oxygen atoms in total. The second-order valence-corrected chi connectivity index (χ2v) is 7.71. The molecule has 0 aliphatic carbocycles. The van der Waals surface area contributed by atoms with Crippen LogP contribution in [0.4, 0.5) is 15.8 Å². The normalized spacial score (nSPS) is 16.6. The highest BCUT2D eigenvalue weighted by atomic mass is 35.5. The largest absolute Gasteiger partial charge is 0.494 e. The van der Waals surface area contributed by atoms with Crippen LogP contribution in [0.2, 0.25) is 5.02 Å². The Balaban J connectivity index is 1.44. The number of anilines is 2. The van der Waals surface area contributed by atoms with Crippen molar-refractivity contribution in [2.24, 2.45) is 4.99 Å². The summed E-state index contributed by atoms with van der Waals surface area (Å²) in [5.74, 6) is 0.937. The number of nitrogens with one attached hydrogen (secondary N) is 1. The molecule has 0 radical (unpaired) electrons. The highest BCUT2D eigenvalue weighted by molar-refractivity contribution is 6.31. The molecule has 0 spiro atoms. The van der Waals surface area contributed by atoms with E-state index in [9.17, 15) is 4.39 Å². The third kappa shape index (κ3) is 5.46. The van der Waals surface area contributed by atoms with Gasteiger partial charge in [0.15, 0.2) is 0 Å². The highest BCUT2D eigenvalue weighted by Gasteiger charge is 2.21. The highest BCUT2D eigenvalue weighted by Crippen LogP contribution is 2.30. The van der Waals surface area contributed by atoms with Crippen molar-refractivity contribution >= 4 is 28.8 Å². The van der Waals surface area contributed by atoms with Gasteiger partial charge < -0.3 is 14.8 Å². The van der Waals surface area contributed by atoms with Gasteiger partial charge in [0.1, 0.15) is 24.1 Å². The van der Waals surface area contributed by atoms with Crippen molar-refractivity contribution in [1.29, 1.82) is 0 Å². The minimum atomic E-state index is -0.462. The number of benzene rings is 2. The van der Waals surface area contributed by atoms with Gasteiger partial charge in [0.05, 0.1) is 37.6 Å². The maximum absolute atomic E-state index is 13.5. The number of aliphatic imine (C=N–C) groups is 1. The zero-order chi connectivity index (χ0) is 21.6. The van der Waals surface area contributed by atoms with E-state index in [4.69, 9.17) is 25.9 Å². The average molecular weight is 449 g/mol. The van der Waals surface area contributed by atoms with Crippen LogP contribution in [-0.4, -0.2) is 64.0 Å². The summed E-state index contributed by atoms with van der Waals surface area (Å²) in [7, 11) is 1.60. The molecule has 1 saturated heterocycles. The van der Waals surface area contributed by atoms with Crippen LogP contribution >= 0.6 is 11.6 Å². The quantitative estimate of drug-likeness (QED) is 0.650. The van der Waals surface area contributed by atoms with Crippen molar-refractivity contribution in [3.8, 4) is 5.75 Å². The predicted molar refractivity (Wildman–Crippen MR) is 120 cm³/mol. The van der Waals surface area contributed by atoms with E-state index in [1.807, 2.05) is 18.2 Å². The van der Waals surface area contributed by atoms with Crippen molar-refractivity contribution in [3.05, 3.63) is 52.8 Å². The average Bonchev–Trinajstić information content (AvgIpc) is 2.80. The molecule has 166 valence electrons. The molecule has 4 rings (SSSR count). The van der Waals surface area contributed by atoms with Crippen LogP contribution in [0.5, 0.6) is 5.75 Å². The van der Waals surface area contributed by atoms with Gasteiger partial charge in [-0.2, -0.15) is 0 Å². The van der Waals surface area contributed by atoms with Crippen LogP contribution in [0, 0.1) is 5.82 Å². The zero-order valence-corrected chi connectivity index (χ0v) is 18.2. The van der Waals surface area contributed by atoms with E-state index in [-0.39, 0.29) is 5.02 Å². The molecule has 1 fully saturated rings. The number of hydrogen-bond acceptors (Lipinski definition) is 7. The lowest BCUT2D eigenvalue weighted by Crippen LogP contribution is -2.37. The summed E-state index contributed by atoms with van der Waals surface area (Å²) in [4.78, 5) is 12.4. The summed E-state index contributed by atoms with van der Waals surface area (Å²) in [6.07, 6.45) is 0.939. The van der Waals surface area contributed by atoms with Crippen molar-refractivity contribution in [3.63, 3.8) is 0 Å². The molecule has 2 aromatic rings.